The summed E-state index contributed by atoms with van der Waals surface area (Å²) in [5.74, 6) is 0.964. The predicted octanol–water partition coefficient (Wildman–Crippen LogP) is 2.13. The van der Waals surface area contributed by atoms with E-state index in [2.05, 4.69) is 49.9 Å². The topological polar surface area (TPSA) is 74.6 Å². The van der Waals surface area contributed by atoms with Crippen molar-refractivity contribution in [3.63, 3.8) is 0 Å². The van der Waals surface area contributed by atoms with E-state index in [0.717, 1.165) is 48.6 Å². The summed E-state index contributed by atoms with van der Waals surface area (Å²) in [7, 11) is 0. The number of hydrogen-bond acceptors (Lipinski definition) is 7. The summed E-state index contributed by atoms with van der Waals surface area (Å²) in [6.45, 7) is 6.76. The van der Waals surface area contributed by atoms with Crippen LogP contribution in [0.25, 0.3) is 11.0 Å². The van der Waals surface area contributed by atoms with Crippen LogP contribution in [0, 0.1) is 0 Å². The maximum Gasteiger partial charge on any atom is 0.137 e. The number of aromatic nitrogens is 3. The minimum absolute atomic E-state index is 0.326. The van der Waals surface area contributed by atoms with E-state index in [1.165, 1.54) is 5.56 Å². The first kappa shape index (κ1) is 18.4. The Bertz CT molecular complexity index is 998. The zero-order valence-electron chi connectivity index (χ0n) is 16.5. The van der Waals surface area contributed by atoms with Gasteiger partial charge in [0.1, 0.15) is 11.4 Å². The highest BCUT2D eigenvalue weighted by atomic mass is 16.5. The van der Waals surface area contributed by atoms with Crippen molar-refractivity contribution in [3.05, 3.63) is 60.0 Å². The number of hydrogen-bond donors (Lipinski definition) is 1. The van der Waals surface area contributed by atoms with Crippen LogP contribution in [0.15, 0.2) is 48.9 Å². The molecule has 0 amide bonds. The van der Waals surface area contributed by atoms with E-state index in [1.54, 1.807) is 18.6 Å². The first-order valence-corrected chi connectivity index (χ1v) is 10.1. The molecule has 2 aliphatic rings. The van der Waals surface area contributed by atoms with Crippen molar-refractivity contribution in [2.45, 2.75) is 18.6 Å². The van der Waals surface area contributed by atoms with Crippen LogP contribution in [0.3, 0.4) is 0 Å². The SMILES string of the molecule is CC(c1ccc2nccnc2c1)N1CCN(c2ccc(C3(O)COC3)cn2)CC1. The zero-order chi connectivity index (χ0) is 19.8. The van der Waals surface area contributed by atoms with Crippen molar-refractivity contribution >= 4 is 16.9 Å². The van der Waals surface area contributed by atoms with Crippen molar-refractivity contribution in [1.29, 1.82) is 0 Å². The Morgan fingerprint density at radius 3 is 2.38 bits per heavy atom. The van der Waals surface area contributed by atoms with E-state index in [4.69, 9.17) is 4.74 Å². The maximum atomic E-state index is 10.4. The van der Waals surface area contributed by atoms with Crippen LogP contribution in [0.4, 0.5) is 5.82 Å². The summed E-state index contributed by atoms with van der Waals surface area (Å²) < 4.78 is 5.13. The van der Waals surface area contributed by atoms with Crippen molar-refractivity contribution in [3.8, 4) is 0 Å². The molecule has 2 fully saturated rings. The Balaban J connectivity index is 1.23. The largest absolute Gasteiger partial charge is 0.380 e. The molecule has 0 bridgehead atoms. The van der Waals surface area contributed by atoms with Gasteiger partial charge in [0, 0.05) is 56.4 Å². The van der Waals surface area contributed by atoms with Gasteiger partial charge in [-0.15, -0.1) is 0 Å². The molecule has 0 radical (unpaired) electrons. The van der Waals surface area contributed by atoms with Crippen molar-refractivity contribution in [1.82, 2.24) is 19.9 Å². The molecular formula is C22H25N5O2. The predicted molar refractivity (Wildman–Crippen MR) is 111 cm³/mol. The fraction of sp³-hybridized carbons (Fsp3) is 0.409. The van der Waals surface area contributed by atoms with Gasteiger partial charge < -0.3 is 14.7 Å². The summed E-state index contributed by atoms with van der Waals surface area (Å²) >= 11 is 0. The summed E-state index contributed by atoms with van der Waals surface area (Å²) in [6.07, 6.45) is 5.25. The lowest BCUT2D eigenvalue weighted by atomic mass is 9.94. The van der Waals surface area contributed by atoms with Gasteiger partial charge in [0.25, 0.3) is 0 Å². The molecule has 3 aromatic rings. The van der Waals surface area contributed by atoms with Crippen LogP contribution < -0.4 is 4.90 Å². The average molecular weight is 391 g/mol. The molecule has 5 rings (SSSR count). The Kier molecular flexibility index (Phi) is 4.66. The van der Waals surface area contributed by atoms with E-state index in [-0.39, 0.29) is 0 Å². The molecule has 7 heteroatoms. The maximum absolute atomic E-state index is 10.4. The van der Waals surface area contributed by atoms with Gasteiger partial charge in [-0.2, -0.15) is 0 Å². The molecule has 150 valence electrons. The molecule has 0 spiro atoms. The van der Waals surface area contributed by atoms with Crippen molar-refractivity contribution in [2.75, 3.05) is 44.3 Å². The van der Waals surface area contributed by atoms with E-state index in [9.17, 15) is 5.11 Å². The number of benzene rings is 1. The van der Waals surface area contributed by atoms with Gasteiger partial charge in [0.05, 0.1) is 24.2 Å². The minimum Gasteiger partial charge on any atom is -0.380 e. The van der Waals surface area contributed by atoms with E-state index >= 15 is 0 Å². The van der Waals surface area contributed by atoms with Crippen LogP contribution in [-0.4, -0.2) is 64.4 Å². The summed E-state index contributed by atoms with van der Waals surface area (Å²) in [4.78, 5) is 18.2. The molecule has 2 aromatic heterocycles. The lowest BCUT2D eigenvalue weighted by molar-refractivity contribution is -0.184. The second-order valence-corrected chi connectivity index (χ2v) is 7.93. The third kappa shape index (κ3) is 3.46. The third-order valence-electron chi connectivity index (χ3n) is 6.13. The van der Waals surface area contributed by atoms with Crippen LogP contribution in [0.1, 0.15) is 24.1 Å². The Labute approximate surface area is 170 Å². The zero-order valence-corrected chi connectivity index (χ0v) is 16.5. The third-order valence-corrected chi connectivity index (χ3v) is 6.13. The van der Waals surface area contributed by atoms with Gasteiger partial charge in [0.15, 0.2) is 0 Å². The number of ether oxygens (including phenoxy) is 1. The number of pyridine rings is 1. The summed E-state index contributed by atoms with van der Waals surface area (Å²) in [6, 6.07) is 10.7. The molecule has 4 heterocycles. The molecule has 7 nitrogen and oxygen atoms in total. The van der Waals surface area contributed by atoms with E-state index in [0.29, 0.717) is 19.3 Å². The van der Waals surface area contributed by atoms with Crippen LogP contribution in [0.2, 0.25) is 0 Å². The second kappa shape index (κ2) is 7.33. The molecule has 1 unspecified atom stereocenters. The molecule has 2 saturated heterocycles. The van der Waals surface area contributed by atoms with Gasteiger partial charge in [0.2, 0.25) is 0 Å². The first-order valence-electron chi connectivity index (χ1n) is 10.1. The molecule has 0 saturated carbocycles. The number of anilines is 1. The highest BCUT2D eigenvalue weighted by Gasteiger charge is 2.38. The fourth-order valence-electron chi connectivity index (χ4n) is 4.10. The Hall–Kier alpha value is -2.61. The van der Waals surface area contributed by atoms with Gasteiger partial charge >= 0.3 is 0 Å². The molecule has 1 N–H and O–H groups in total. The fourth-order valence-corrected chi connectivity index (χ4v) is 4.10. The number of nitrogens with zero attached hydrogens (tertiary/aromatic N) is 5. The van der Waals surface area contributed by atoms with Crippen LogP contribution >= 0.6 is 0 Å². The highest BCUT2D eigenvalue weighted by Crippen LogP contribution is 2.30. The number of piperazine rings is 1. The number of aliphatic hydroxyl groups is 1. The standard InChI is InChI=1S/C22H25N5O2/c1-16(17-2-4-19-20(12-17)24-7-6-23-19)26-8-10-27(11-9-26)21-5-3-18(13-25-21)22(28)14-29-15-22/h2-7,12-13,16,28H,8-11,14-15H2,1H3. The van der Waals surface area contributed by atoms with Crippen molar-refractivity contribution < 1.29 is 9.84 Å². The molecule has 2 aliphatic heterocycles. The monoisotopic (exact) mass is 391 g/mol. The van der Waals surface area contributed by atoms with Gasteiger partial charge in [-0.3, -0.25) is 14.9 Å². The molecule has 1 atom stereocenters. The smallest absolute Gasteiger partial charge is 0.137 e. The van der Waals surface area contributed by atoms with Crippen LogP contribution in [0.5, 0.6) is 0 Å². The number of rotatable bonds is 4. The quantitative estimate of drug-likeness (QED) is 0.730. The van der Waals surface area contributed by atoms with Gasteiger partial charge in [-0.1, -0.05) is 12.1 Å². The molecule has 0 aliphatic carbocycles. The lowest BCUT2D eigenvalue weighted by Crippen LogP contribution is -2.48. The Morgan fingerprint density at radius 1 is 0.966 bits per heavy atom. The summed E-state index contributed by atoms with van der Waals surface area (Å²) in [5.41, 5.74) is 3.12. The normalized spacial score (nSPS) is 20.4. The Morgan fingerprint density at radius 2 is 1.72 bits per heavy atom. The minimum atomic E-state index is -0.857. The molecular weight excluding hydrogens is 366 g/mol. The highest BCUT2D eigenvalue weighted by molar-refractivity contribution is 5.74. The first-order chi connectivity index (χ1) is 14.1. The molecule has 1 aromatic carbocycles. The lowest BCUT2D eigenvalue weighted by Gasteiger charge is -2.39. The average Bonchev–Trinajstić information content (AvgIpc) is 2.77. The number of fused-ring (bicyclic) bond motifs is 1. The van der Waals surface area contributed by atoms with Gasteiger partial charge in [-0.25, -0.2) is 4.98 Å². The second-order valence-electron chi connectivity index (χ2n) is 7.93. The van der Waals surface area contributed by atoms with E-state index in [1.807, 2.05) is 12.1 Å². The van der Waals surface area contributed by atoms with Crippen molar-refractivity contribution in [2.24, 2.45) is 0 Å². The van der Waals surface area contributed by atoms with Gasteiger partial charge in [-0.05, 0) is 30.7 Å². The summed E-state index contributed by atoms with van der Waals surface area (Å²) in [5, 5.41) is 10.4. The van der Waals surface area contributed by atoms with E-state index < -0.39 is 5.60 Å². The molecule has 29 heavy (non-hydrogen) atoms. The van der Waals surface area contributed by atoms with Crippen LogP contribution in [-0.2, 0) is 10.3 Å².